The van der Waals surface area contributed by atoms with E-state index in [-0.39, 0.29) is 24.6 Å². The first kappa shape index (κ1) is 13.8. The summed E-state index contributed by atoms with van der Waals surface area (Å²) in [5.41, 5.74) is 2.16. The Morgan fingerprint density at radius 2 is 2.08 bits per heavy atom. The number of hydrogen-bond acceptors (Lipinski definition) is 5. The van der Waals surface area contributed by atoms with Gasteiger partial charge >= 0.3 is 0 Å². The molecule has 6 nitrogen and oxygen atoms in total. The third-order valence-electron chi connectivity index (χ3n) is 5.16. The van der Waals surface area contributed by atoms with Crippen LogP contribution in [0.2, 0.25) is 0 Å². The summed E-state index contributed by atoms with van der Waals surface area (Å²) in [7, 11) is 0. The largest absolute Gasteiger partial charge is 0.485 e. The maximum Gasteiger partial charge on any atom is 0.268 e. The molecule has 2 aromatic rings. The second kappa shape index (κ2) is 5.19. The van der Waals surface area contributed by atoms with Gasteiger partial charge in [0.1, 0.15) is 12.9 Å². The van der Waals surface area contributed by atoms with Gasteiger partial charge in [-0.1, -0.05) is 12.1 Å². The summed E-state index contributed by atoms with van der Waals surface area (Å²) in [5.74, 6) is 1.34. The van der Waals surface area contributed by atoms with Crippen molar-refractivity contribution in [2.45, 2.75) is 37.5 Å². The van der Waals surface area contributed by atoms with Gasteiger partial charge < -0.3 is 14.4 Å². The van der Waals surface area contributed by atoms with Crippen LogP contribution in [0.25, 0.3) is 0 Å². The average molecular weight is 323 g/mol. The molecule has 122 valence electrons. The maximum atomic E-state index is 13.1. The fraction of sp³-hybridized carbons (Fsp3) is 0.389. The minimum Gasteiger partial charge on any atom is -0.485 e. The molecule has 0 spiro atoms. The van der Waals surface area contributed by atoms with E-state index in [1.54, 1.807) is 6.33 Å². The molecule has 0 radical (unpaired) electrons. The van der Waals surface area contributed by atoms with E-state index in [0.29, 0.717) is 11.5 Å². The average Bonchev–Trinajstić information content (AvgIpc) is 2.95. The van der Waals surface area contributed by atoms with Crippen LogP contribution in [0.1, 0.15) is 30.1 Å². The third kappa shape index (κ3) is 1.99. The van der Waals surface area contributed by atoms with Crippen molar-refractivity contribution in [2.24, 2.45) is 0 Å². The normalized spacial score (nSPS) is 26.8. The van der Waals surface area contributed by atoms with Gasteiger partial charge in [-0.3, -0.25) is 4.79 Å². The summed E-state index contributed by atoms with van der Waals surface area (Å²) in [6.45, 7) is 0.254. The Labute approximate surface area is 139 Å². The van der Waals surface area contributed by atoms with Gasteiger partial charge in [0.15, 0.2) is 11.5 Å². The number of nitrogens with zero attached hydrogens (tertiary/aromatic N) is 3. The van der Waals surface area contributed by atoms with Crippen LogP contribution in [0.15, 0.2) is 36.8 Å². The van der Waals surface area contributed by atoms with Crippen LogP contribution in [0.4, 0.5) is 0 Å². The van der Waals surface area contributed by atoms with Crippen LogP contribution in [-0.4, -0.2) is 39.5 Å². The molecule has 0 saturated carbocycles. The van der Waals surface area contributed by atoms with E-state index in [1.807, 2.05) is 35.4 Å². The zero-order valence-corrected chi connectivity index (χ0v) is 13.1. The van der Waals surface area contributed by atoms with Gasteiger partial charge in [0.25, 0.3) is 5.91 Å². The molecule has 24 heavy (non-hydrogen) atoms. The molecule has 6 heteroatoms. The SMILES string of the molecule is O=C(C1COc2ccccc2O1)N1C2CCC1c1cncnc1C2. The van der Waals surface area contributed by atoms with Crippen LogP contribution in [0.5, 0.6) is 11.5 Å². The Morgan fingerprint density at radius 1 is 1.21 bits per heavy atom. The number of para-hydroxylation sites is 2. The molecule has 1 aromatic carbocycles. The number of amides is 1. The van der Waals surface area contributed by atoms with Crippen molar-refractivity contribution in [1.29, 1.82) is 0 Å². The maximum absolute atomic E-state index is 13.1. The van der Waals surface area contributed by atoms with Gasteiger partial charge in [-0.2, -0.15) is 0 Å². The van der Waals surface area contributed by atoms with Crippen molar-refractivity contribution in [3.05, 3.63) is 48.0 Å². The molecule has 3 atom stereocenters. The summed E-state index contributed by atoms with van der Waals surface area (Å²) in [6.07, 6.45) is 5.60. The number of hydrogen-bond donors (Lipinski definition) is 0. The van der Waals surface area contributed by atoms with Gasteiger partial charge in [0.2, 0.25) is 6.10 Å². The standard InChI is InChI=1S/C18H17N3O3/c22-18(17-9-23-15-3-1-2-4-16(15)24-17)21-11-5-6-14(21)12-8-19-10-20-13(12)7-11/h1-4,8,10-11,14,17H,5-7,9H2. The minimum atomic E-state index is -0.589. The van der Waals surface area contributed by atoms with Crippen molar-refractivity contribution < 1.29 is 14.3 Å². The molecule has 0 aliphatic carbocycles. The third-order valence-corrected chi connectivity index (χ3v) is 5.16. The van der Waals surface area contributed by atoms with Gasteiger partial charge in [-0.15, -0.1) is 0 Å². The fourth-order valence-electron chi connectivity index (χ4n) is 4.07. The van der Waals surface area contributed by atoms with Crippen LogP contribution < -0.4 is 9.47 Å². The van der Waals surface area contributed by atoms with Crippen LogP contribution in [0, 0.1) is 0 Å². The van der Waals surface area contributed by atoms with Gasteiger partial charge in [-0.05, 0) is 25.0 Å². The predicted octanol–water partition coefficient (Wildman–Crippen LogP) is 1.90. The molecule has 0 N–H and O–H groups in total. The molecule has 2 bridgehead atoms. The van der Waals surface area contributed by atoms with Gasteiger partial charge in [-0.25, -0.2) is 9.97 Å². The summed E-state index contributed by atoms with van der Waals surface area (Å²) >= 11 is 0. The molecule has 3 aliphatic rings. The Kier molecular flexibility index (Phi) is 2.98. The fourth-order valence-corrected chi connectivity index (χ4v) is 4.07. The van der Waals surface area contributed by atoms with E-state index < -0.39 is 6.10 Å². The van der Waals surface area contributed by atoms with Gasteiger partial charge in [0, 0.05) is 24.2 Å². The highest BCUT2D eigenvalue weighted by molar-refractivity contribution is 5.83. The molecule has 1 aromatic heterocycles. The monoisotopic (exact) mass is 323 g/mol. The van der Waals surface area contributed by atoms with Crippen LogP contribution in [-0.2, 0) is 11.2 Å². The summed E-state index contributed by atoms with van der Waals surface area (Å²) < 4.78 is 11.6. The topological polar surface area (TPSA) is 64.6 Å². The Bertz CT molecular complexity index is 810. The first-order chi connectivity index (χ1) is 11.8. The van der Waals surface area contributed by atoms with E-state index in [4.69, 9.17) is 9.47 Å². The molecule has 1 saturated heterocycles. The van der Waals surface area contributed by atoms with Crippen molar-refractivity contribution in [1.82, 2.24) is 14.9 Å². The summed E-state index contributed by atoms with van der Waals surface area (Å²) in [6, 6.07) is 7.73. The number of fused-ring (bicyclic) bond motifs is 5. The number of ether oxygens (including phenoxy) is 2. The highest BCUT2D eigenvalue weighted by Gasteiger charge is 2.46. The second-order valence-electron chi connectivity index (χ2n) is 6.49. The van der Waals surface area contributed by atoms with Crippen LogP contribution >= 0.6 is 0 Å². The molecule has 3 unspecified atom stereocenters. The zero-order chi connectivity index (χ0) is 16.1. The van der Waals surface area contributed by atoms with Crippen molar-refractivity contribution >= 4 is 5.91 Å². The summed E-state index contributed by atoms with van der Waals surface area (Å²) in [4.78, 5) is 23.6. The first-order valence-electron chi connectivity index (χ1n) is 8.30. The summed E-state index contributed by atoms with van der Waals surface area (Å²) in [5, 5.41) is 0. The predicted molar refractivity (Wildman–Crippen MR) is 84.7 cm³/mol. The lowest BCUT2D eigenvalue weighted by Crippen LogP contribution is -2.51. The zero-order valence-electron chi connectivity index (χ0n) is 13.1. The molecule has 1 amide bonds. The molecule has 3 aliphatic heterocycles. The number of carbonyl (C=O) groups excluding carboxylic acids is 1. The van der Waals surface area contributed by atoms with E-state index in [0.717, 1.165) is 30.5 Å². The van der Waals surface area contributed by atoms with Gasteiger partial charge in [0.05, 0.1) is 11.7 Å². The van der Waals surface area contributed by atoms with Crippen molar-refractivity contribution in [3.63, 3.8) is 0 Å². The van der Waals surface area contributed by atoms with E-state index in [9.17, 15) is 4.79 Å². The van der Waals surface area contributed by atoms with E-state index in [1.165, 1.54) is 0 Å². The highest BCUT2D eigenvalue weighted by Crippen LogP contribution is 2.43. The van der Waals surface area contributed by atoms with Crippen LogP contribution in [0.3, 0.4) is 0 Å². The smallest absolute Gasteiger partial charge is 0.268 e. The number of rotatable bonds is 1. The molecule has 5 rings (SSSR count). The lowest BCUT2D eigenvalue weighted by molar-refractivity contribution is -0.145. The molecule has 4 heterocycles. The molecular weight excluding hydrogens is 306 g/mol. The lowest BCUT2D eigenvalue weighted by Gasteiger charge is -2.38. The minimum absolute atomic E-state index is 0.00602. The van der Waals surface area contributed by atoms with Crippen molar-refractivity contribution in [2.75, 3.05) is 6.61 Å². The number of carbonyl (C=O) groups is 1. The first-order valence-corrected chi connectivity index (χ1v) is 8.30. The highest BCUT2D eigenvalue weighted by atomic mass is 16.6. The number of aromatic nitrogens is 2. The Balaban J connectivity index is 1.43. The quantitative estimate of drug-likeness (QED) is 0.802. The lowest BCUT2D eigenvalue weighted by atomic mass is 9.98. The van der Waals surface area contributed by atoms with Crippen molar-refractivity contribution in [3.8, 4) is 11.5 Å². The van der Waals surface area contributed by atoms with E-state index in [2.05, 4.69) is 9.97 Å². The Hall–Kier alpha value is -2.63. The molecular formula is C18H17N3O3. The Morgan fingerprint density at radius 3 is 3.00 bits per heavy atom. The molecule has 1 fully saturated rings. The van der Waals surface area contributed by atoms with E-state index >= 15 is 0 Å². The number of benzene rings is 1. The second-order valence-corrected chi connectivity index (χ2v) is 6.49.